The van der Waals surface area contributed by atoms with E-state index >= 15 is 0 Å². The van der Waals surface area contributed by atoms with Gasteiger partial charge in [0.2, 0.25) is 5.82 Å². The van der Waals surface area contributed by atoms with Crippen molar-refractivity contribution in [2.45, 2.75) is 27.7 Å². The zero-order valence-electron chi connectivity index (χ0n) is 17.9. The third kappa shape index (κ3) is 4.23. The number of hydrogen-bond donors (Lipinski definition) is 1. The van der Waals surface area contributed by atoms with Crippen LogP contribution in [0.4, 0.5) is 5.69 Å². The maximum atomic E-state index is 13.0. The zero-order valence-corrected chi connectivity index (χ0v) is 18.7. The van der Waals surface area contributed by atoms with Gasteiger partial charge in [-0.2, -0.15) is 0 Å². The number of hydrogen-bond acceptors (Lipinski definition) is 3. The topological polar surface area (TPSA) is 59.8 Å². The first-order chi connectivity index (χ1) is 14.8. The lowest BCUT2D eigenvalue weighted by Gasteiger charge is -2.11. The van der Waals surface area contributed by atoms with Gasteiger partial charge in [-0.1, -0.05) is 59.6 Å². The second-order valence-corrected chi connectivity index (χ2v) is 8.11. The molecule has 0 saturated carbocycles. The Kier molecular flexibility index (Phi) is 5.61. The molecule has 1 heterocycles. The van der Waals surface area contributed by atoms with Gasteiger partial charge in [0.25, 0.3) is 5.91 Å². The quantitative estimate of drug-likeness (QED) is 0.427. The third-order valence-corrected chi connectivity index (χ3v) is 5.61. The van der Waals surface area contributed by atoms with Crippen molar-refractivity contribution >= 4 is 23.2 Å². The molecule has 1 N–H and O–H groups in total. The third-order valence-electron chi connectivity index (χ3n) is 5.37. The van der Waals surface area contributed by atoms with Crippen LogP contribution in [0.25, 0.3) is 17.1 Å². The van der Waals surface area contributed by atoms with Crippen LogP contribution in [0.1, 0.15) is 32.9 Å². The van der Waals surface area contributed by atoms with Gasteiger partial charge in [0.15, 0.2) is 5.82 Å². The van der Waals surface area contributed by atoms with E-state index < -0.39 is 0 Å². The van der Waals surface area contributed by atoms with Gasteiger partial charge < -0.3 is 5.32 Å². The van der Waals surface area contributed by atoms with Crippen molar-refractivity contribution < 1.29 is 4.79 Å². The van der Waals surface area contributed by atoms with Crippen LogP contribution in [0.5, 0.6) is 0 Å². The molecular weight excluding hydrogens is 408 g/mol. The Morgan fingerprint density at radius 3 is 2.42 bits per heavy atom. The van der Waals surface area contributed by atoms with E-state index in [4.69, 9.17) is 11.6 Å². The molecule has 0 atom stereocenters. The van der Waals surface area contributed by atoms with Crippen LogP contribution in [-0.2, 0) is 0 Å². The predicted molar refractivity (Wildman–Crippen MR) is 125 cm³/mol. The Morgan fingerprint density at radius 1 is 0.935 bits per heavy atom. The normalized spacial score (nSPS) is 10.9. The van der Waals surface area contributed by atoms with Crippen LogP contribution in [0, 0.1) is 27.7 Å². The lowest BCUT2D eigenvalue weighted by molar-refractivity contribution is 0.101. The molecule has 156 valence electrons. The van der Waals surface area contributed by atoms with Crippen molar-refractivity contribution in [2.75, 3.05) is 5.32 Å². The molecule has 0 radical (unpaired) electrons. The maximum Gasteiger partial charge on any atom is 0.295 e. The smallest absolute Gasteiger partial charge is 0.295 e. The van der Waals surface area contributed by atoms with Crippen molar-refractivity contribution in [3.8, 4) is 17.1 Å². The van der Waals surface area contributed by atoms with Gasteiger partial charge in [-0.05, 0) is 62.6 Å². The van der Waals surface area contributed by atoms with E-state index in [-0.39, 0.29) is 11.7 Å². The van der Waals surface area contributed by atoms with Crippen molar-refractivity contribution in [3.63, 3.8) is 0 Å². The number of nitrogens with one attached hydrogen (secondary N) is 1. The summed E-state index contributed by atoms with van der Waals surface area (Å²) in [5.41, 5.74) is 6.69. The molecule has 0 unspecified atom stereocenters. The summed E-state index contributed by atoms with van der Waals surface area (Å²) >= 11 is 6.09. The average molecular weight is 431 g/mol. The van der Waals surface area contributed by atoms with E-state index in [2.05, 4.69) is 28.4 Å². The first-order valence-corrected chi connectivity index (χ1v) is 10.4. The molecule has 4 rings (SSSR count). The summed E-state index contributed by atoms with van der Waals surface area (Å²) in [5.74, 6) is 0.320. The van der Waals surface area contributed by atoms with E-state index in [1.807, 2.05) is 63.2 Å². The Morgan fingerprint density at radius 2 is 1.68 bits per heavy atom. The summed E-state index contributed by atoms with van der Waals surface area (Å²) in [4.78, 5) is 17.6. The van der Waals surface area contributed by atoms with Crippen LogP contribution >= 0.6 is 11.6 Å². The predicted octanol–water partition coefficient (Wildman–Crippen LogP) is 6.07. The minimum absolute atomic E-state index is 0.0934. The molecule has 0 saturated heterocycles. The van der Waals surface area contributed by atoms with Crippen LogP contribution in [0.2, 0.25) is 5.02 Å². The fraction of sp³-hybridized carbons (Fsp3) is 0.160. The van der Waals surface area contributed by atoms with Crippen molar-refractivity contribution in [1.82, 2.24) is 14.8 Å². The van der Waals surface area contributed by atoms with Gasteiger partial charge in [0.1, 0.15) is 0 Å². The number of anilines is 1. The van der Waals surface area contributed by atoms with Crippen molar-refractivity contribution in [3.05, 3.63) is 93.8 Å². The Balaban J connectivity index is 1.81. The lowest BCUT2D eigenvalue weighted by Crippen LogP contribution is -2.15. The number of rotatable bonds is 4. The fourth-order valence-corrected chi connectivity index (χ4v) is 3.51. The number of benzene rings is 3. The number of halogens is 1. The number of amides is 1. The summed E-state index contributed by atoms with van der Waals surface area (Å²) < 4.78 is 1.74. The molecule has 31 heavy (non-hydrogen) atoms. The standard InChI is InChI=1S/C25H23ClN4O/c1-15-8-11-19(12-9-15)24-28-23(25(31)27-21-14-20(26)13-10-17(21)3)29-30(24)22-7-5-6-16(2)18(22)4/h5-14H,1-4H3,(H,27,31). The summed E-state index contributed by atoms with van der Waals surface area (Å²) in [6.45, 7) is 8.04. The van der Waals surface area contributed by atoms with Gasteiger partial charge >= 0.3 is 0 Å². The summed E-state index contributed by atoms with van der Waals surface area (Å²) in [6, 6.07) is 19.4. The highest BCUT2D eigenvalue weighted by Gasteiger charge is 2.20. The van der Waals surface area contributed by atoms with Gasteiger partial charge in [-0.25, -0.2) is 9.67 Å². The molecule has 0 spiro atoms. The molecule has 0 aliphatic carbocycles. The van der Waals surface area contributed by atoms with E-state index in [1.165, 1.54) is 0 Å². The average Bonchev–Trinajstić information content (AvgIpc) is 3.18. The van der Waals surface area contributed by atoms with E-state index in [9.17, 15) is 4.79 Å². The first kappa shape index (κ1) is 20.8. The molecule has 5 nitrogen and oxygen atoms in total. The molecule has 6 heteroatoms. The number of aromatic nitrogens is 3. The second-order valence-electron chi connectivity index (χ2n) is 7.67. The van der Waals surface area contributed by atoms with Crippen molar-refractivity contribution in [2.24, 2.45) is 0 Å². The van der Waals surface area contributed by atoms with E-state index in [1.54, 1.807) is 16.8 Å². The summed E-state index contributed by atoms with van der Waals surface area (Å²) in [7, 11) is 0. The number of nitrogens with zero attached hydrogens (tertiary/aromatic N) is 3. The lowest BCUT2D eigenvalue weighted by atomic mass is 10.1. The fourth-order valence-electron chi connectivity index (χ4n) is 3.34. The molecule has 0 aliphatic rings. The molecule has 3 aromatic carbocycles. The summed E-state index contributed by atoms with van der Waals surface area (Å²) in [6.07, 6.45) is 0. The Hall–Kier alpha value is -3.44. The molecule has 4 aromatic rings. The minimum atomic E-state index is -0.386. The first-order valence-electron chi connectivity index (χ1n) is 10.0. The van der Waals surface area contributed by atoms with Crippen LogP contribution in [0.15, 0.2) is 60.7 Å². The maximum absolute atomic E-state index is 13.0. The zero-order chi connectivity index (χ0) is 22.1. The molecular formula is C25H23ClN4O. The Bertz CT molecular complexity index is 1280. The largest absolute Gasteiger partial charge is 0.319 e. The van der Waals surface area contributed by atoms with Crippen molar-refractivity contribution in [1.29, 1.82) is 0 Å². The second kappa shape index (κ2) is 8.36. The molecule has 1 aromatic heterocycles. The molecule has 0 bridgehead atoms. The molecule has 1 amide bonds. The van der Waals surface area contributed by atoms with Gasteiger partial charge in [-0.15, -0.1) is 5.10 Å². The van der Waals surface area contributed by atoms with Gasteiger partial charge in [-0.3, -0.25) is 4.79 Å². The van der Waals surface area contributed by atoms with E-state index in [0.29, 0.717) is 16.5 Å². The Labute approximate surface area is 186 Å². The van der Waals surface area contributed by atoms with Crippen LogP contribution in [0.3, 0.4) is 0 Å². The highest BCUT2D eigenvalue weighted by atomic mass is 35.5. The number of aryl methyl sites for hydroxylation is 3. The monoisotopic (exact) mass is 430 g/mol. The van der Waals surface area contributed by atoms with Gasteiger partial charge in [0, 0.05) is 16.3 Å². The van der Waals surface area contributed by atoms with Crippen LogP contribution < -0.4 is 5.32 Å². The van der Waals surface area contributed by atoms with E-state index in [0.717, 1.165) is 33.5 Å². The molecule has 0 aliphatic heterocycles. The highest BCUT2D eigenvalue weighted by Crippen LogP contribution is 2.26. The number of carbonyl (C=O) groups is 1. The van der Waals surface area contributed by atoms with Crippen LogP contribution in [-0.4, -0.2) is 20.7 Å². The highest BCUT2D eigenvalue weighted by molar-refractivity contribution is 6.31. The molecule has 0 fully saturated rings. The minimum Gasteiger partial charge on any atom is -0.319 e. The SMILES string of the molecule is Cc1ccc(-c2nc(C(=O)Nc3cc(Cl)ccc3C)nn2-c2cccc(C)c2C)cc1. The van der Waals surface area contributed by atoms with Gasteiger partial charge in [0.05, 0.1) is 5.69 Å². The number of carbonyl (C=O) groups excluding carboxylic acids is 1. The summed E-state index contributed by atoms with van der Waals surface area (Å²) in [5, 5.41) is 8.03.